The molecule has 0 aromatic carbocycles. The van der Waals surface area contributed by atoms with Gasteiger partial charge in [-0.15, -0.1) is 0 Å². The highest BCUT2D eigenvalue weighted by Gasteiger charge is 2.47. The van der Waals surface area contributed by atoms with E-state index in [0.29, 0.717) is 6.10 Å². The fourth-order valence-electron chi connectivity index (χ4n) is 2.92. The molecule has 2 fully saturated rings. The minimum atomic E-state index is 0.202. The van der Waals surface area contributed by atoms with Crippen LogP contribution in [-0.2, 0) is 9.47 Å². The largest absolute Gasteiger partial charge is 0.380 e. The summed E-state index contributed by atoms with van der Waals surface area (Å²) in [6.07, 6.45) is 3.74. The van der Waals surface area contributed by atoms with Gasteiger partial charge in [-0.1, -0.05) is 0 Å². The average molecular weight is 228 g/mol. The Labute approximate surface area is 98.1 Å². The standard InChI is InChI=1S/C12H24N2O2/c1-2-16-11-8-12(9-11,10-13)14-4-3-6-15-7-5-14/h11H,2-10,13H2,1H3. The van der Waals surface area contributed by atoms with Crippen molar-refractivity contribution in [1.82, 2.24) is 4.90 Å². The maximum atomic E-state index is 5.97. The van der Waals surface area contributed by atoms with Crippen LogP contribution in [0.15, 0.2) is 0 Å². The van der Waals surface area contributed by atoms with Gasteiger partial charge in [0, 0.05) is 38.4 Å². The van der Waals surface area contributed by atoms with Gasteiger partial charge >= 0.3 is 0 Å². The van der Waals surface area contributed by atoms with Crippen molar-refractivity contribution < 1.29 is 9.47 Å². The van der Waals surface area contributed by atoms with E-state index in [4.69, 9.17) is 15.2 Å². The van der Waals surface area contributed by atoms with Crippen molar-refractivity contribution >= 4 is 0 Å². The summed E-state index contributed by atoms with van der Waals surface area (Å²) in [6, 6.07) is 0. The molecular formula is C12H24N2O2. The summed E-state index contributed by atoms with van der Waals surface area (Å²) in [5, 5.41) is 0. The van der Waals surface area contributed by atoms with Crippen LogP contribution in [0.2, 0.25) is 0 Å². The van der Waals surface area contributed by atoms with E-state index in [9.17, 15) is 0 Å². The summed E-state index contributed by atoms with van der Waals surface area (Å²) in [4.78, 5) is 2.52. The molecule has 4 heteroatoms. The van der Waals surface area contributed by atoms with Gasteiger partial charge < -0.3 is 15.2 Å². The van der Waals surface area contributed by atoms with Crippen LogP contribution in [0.5, 0.6) is 0 Å². The molecule has 0 aromatic rings. The van der Waals surface area contributed by atoms with Crippen molar-refractivity contribution in [3.63, 3.8) is 0 Å². The van der Waals surface area contributed by atoms with Crippen molar-refractivity contribution in [3.05, 3.63) is 0 Å². The molecule has 2 N–H and O–H groups in total. The first kappa shape index (κ1) is 12.3. The zero-order chi connectivity index (χ0) is 11.4. The number of nitrogens with zero attached hydrogens (tertiary/aromatic N) is 1. The molecule has 0 amide bonds. The zero-order valence-electron chi connectivity index (χ0n) is 10.3. The van der Waals surface area contributed by atoms with Crippen LogP contribution in [0.3, 0.4) is 0 Å². The summed E-state index contributed by atoms with van der Waals surface area (Å²) in [7, 11) is 0. The summed E-state index contributed by atoms with van der Waals surface area (Å²) in [6.45, 7) is 7.51. The second-order valence-electron chi connectivity index (χ2n) is 4.87. The van der Waals surface area contributed by atoms with E-state index < -0.39 is 0 Å². The summed E-state index contributed by atoms with van der Waals surface area (Å²) in [5.74, 6) is 0. The molecule has 1 saturated carbocycles. The highest BCUT2D eigenvalue weighted by atomic mass is 16.5. The third-order valence-electron chi connectivity index (χ3n) is 3.89. The number of hydrogen-bond acceptors (Lipinski definition) is 4. The van der Waals surface area contributed by atoms with Crippen molar-refractivity contribution in [2.75, 3.05) is 39.5 Å². The Kier molecular flexibility index (Phi) is 4.19. The zero-order valence-corrected chi connectivity index (χ0v) is 10.3. The smallest absolute Gasteiger partial charge is 0.0611 e. The number of nitrogens with two attached hydrogens (primary N) is 1. The Morgan fingerprint density at radius 3 is 2.88 bits per heavy atom. The van der Waals surface area contributed by atoms with E-state index in [2.05, 4.69) is 11.8 Å². The molecule has 94 valence electrons. The summed E-state index contributed by atoms with van der Waals surface area (Å²) < 4.78 is 11.1. The van der Waals surface area contributed by atoms with Gasteiger partial charge in [0.15, 0.2) is 0 Å². The number of ether oxygens (including phenoxy) is 2. The second-order valence-corrected chi connectivity index (χ2v) is 4.87. The van der Waals surface area contributed by atoms with E-state index >= 15 is 0 Å². The molecule has 0 unspecified atom stereocenters. The second kappa shape index (κ2) is 5.45. The SMILES string of the molecule is CCOC1CC(CN)(N2CCCOCC2)C1. The predicted octanol–water partition coefficient (Wildman–Crippen LogP) is 0.605. The first-order valence-corrected chi connectivity index (χ1v) is 6.45. The van der Waals surface area contributed by atoms with Crippen LogP contribution in [0, 0.1) is 0 Å². The molecule has 2 aliphatic rings. The number of hydrogen-bond donors (Lipinski definition) is 1. The van der Waals surface area contributed by atoms with E-state index in [0.717, 1.165) is 58.7 Å². The third kappa shape index (κ3) is 2.40. The third-order valence-corrected chi connectivity index (χ3v) is 3.89. The predicted molar refractivity (Wildman–Crippen MR) is 63.4 cm³/mol. The van der Waals surface area contributed by atoms with Gasteiger partial charge in [-0.2, -0.15) is 0 Å². The quantitative estimate of drug-likeness (QED) is 0.765. The Morgan fingerprint density at radius 2 is 2.19 bits per heavy atom. The van der Waals surface area contributed by atoms with Gasteiger partial charge in [0.05, 0.1) is 12.7 Å². The molecule has 4 nitrogen and oxygen atoms in total. The normalized spacial score (nSPS) is 36.8. The van der Waals surface area contributed by atoms with E-state index in [1.807, 2.05) is 0 Å². The molecule has 1 saturated heterocycles. The fourth-order valence-corrected chi connectivity index (χ4v) is 2.92. The Balaban J connectivity index is 1.89. The molecule has 2 rings (SSSR count). The highest BCUT2D eigenvalue weighted by Crippen LogP contribution is 2.39. The molecule has 1 heterocycles. The summed E-state index contributed by atoms with van der Waals surface area (Å²) >= 11 is 0. The lowest BCUT2D eigenvalue weighted by Gasteiger charge is -2.53. The molecule has 0 atom stereocenters. The van der Waals surface area contributed by atoms with E-state index in [1.165, 1.54) is 0 Å². The average Bonchev–Trinajstić information content (AvgIpc) is 2.51. The fraction of sp³-hybridized carbons (Fsp3) is 1.00. The van der Waals surface area contributed by atoms with Crippen LogP contribution in [-0.4, -0.2) is 56.0 Å². The maximum Gasteiger partial charge on any atom is 0.0611 e. The Bertz CT molecular complexity index is 209. The van der Waals surface area contributed by atoms with Gasteiger partial charge in [0.1, 0.15) is 0 Å². The summed E-state index contributed by atoms with van der Waals surface area (Å²) in [5.41, 5.74) is 6.17. The highest BCUT2D eigenvalue weighted by molar-refractivity contribution is 5.04. The van der Waals surface area contributed by atoms with E-state index in [-0.39, 0.29) is 5.54 Å². The first-order chi connectivity index (χ1) is 7.80. The lowest BCUT2D eigenvalue weighted by molar-refractivity contribution is -0.0997. The van der Waals surface area contributed by atoms with Crippen molar-refractivity contribution in [3.8, 4) is 0 Å². The van der Waals surface area contributed by atoms with Gasteiger partial charge in [-0.25, -0.2) is 0 Å². The molecule has 16 heavy (non-hydrogen) atoms. The Hall–Kier alpha value is -0.160. The van der Waals surface area contributed by atoms with Crippen molar-refractivity contribution in [2.45, 2.75) is 37.8 Å². The van der Waals surface area contributed by atoms with Gasteiger partial charge in [-0.05, 0) is 26.2 Å². The topological polar surface area (TPSA) is 47.7 Å². The molecule has 1 aliphatic heterocycles. The minimum Gasteiger partial charge on any atom is -0.380 e. The lowest BCUT2D eigenvalue weighted by atomic mass is 9.72. The molecule has 0 bridgehead atoms. The van der Waals surface area contributed by atoms with Crippen molar-refractivity contribution in [1.29, 1.82) is 0 Å². The van der Waals surface area contributed by atoms with Crippen LogP contribution in [0.4, 0.5) is 0 Å². The minimum absolute atomic E-state index is 0.202. The van der Waals surface area contributed by atoms with E-state index in [1.54, 1.807) is 0 Å². The van der Waals surface area contributed by atoms with Crippen LogP contribution in [0.1, 0.15) is 26.2 Å². The molecule has 1 aliphatic carbocycles. The molecule has 0 aromatic heterocycles. The van der Waals surface area contributed by atoms with Gasteiger partial charge in [0.2, 0.25) is 0 Å². The molecule has 0 spiro atoms. The van der Waals surface area contributed by atoms with Crippen LogP contribution >= 0.6 is 0 Å². The first-order valence-electron chi connectivity index (χ1n) is 6.45. The maximum absolute atomic E-state index is 5.97. The molecule has 0 radical (unpaired) electrons. The Morgan fingerprint density at radius 1 is 1.38 bits per heavy atom. The van der Waals surface area contributed by atoms with Gasteiger partial charge in [-0.3, -0.25) is 4.90 Å². The van der Waals surface area contributed by atoms with Crippen LogP contribution < -0.4 is 5.73 Å². The lowest BCUT2D eigenvalue weighted by Crippen LogP contribution is -2.64. The molecular weight excluding hydrogens is 204 g/mol. The van der Waals surface area contributed by atoms with Gasteiger partial charge in [0.25, 0.3) is 0 Å². The van der Waals surface area contributed by atoms with Crippen molar-refractivity contribution in [2.24, 2.45) is 5.73 Å². The monoisotopic (exact) mass is 228 g/mol. The van der Waals surface area contributed by atoms with Crippen LogP contribution in [0.25, 0.3) is 0 Å². The number of rotatable bonds is 4.